The Kier molecular flexibility index (Phi) is 8.05. The highest BCUT2D eigenvalue weighted by molar-refractivity contribution is 6.87. The lowest BCUT2D eigenvalue weighted by Crippen LogP contribution is -2.35. The Labute approximate surface area is 131 Å². The molecule has 0 aromatic carbocycles. The van der Waals surface area contributed by atoms with Gasteiger partial charge in [0, 0.05) is 5.57 Å². The zero-order chi connectivity index (χ0) is 16.5. The summed E-state index contributed by atoms with van der Waals surface area (Å²) < 4.78 is 4.89. The van der Waals surface area contributed by atoms with E-state index in [1.54, 1.807) is 19.9 Å². The molecule has 0 aliphatic carbocycles. The van der Waals surface area contributed by atoms with Crippen molar-refractivity contribution in [2.75, 3.05) is 6.61 Å². The molecule has 21 heavy (non-hydrogen) atoms. The van der Waals surface area contributed by atoms with E-state index in [4.69, 9.17) is 4.74 Å². The van der Waals surface area contributed by atoms with Crippen molar-refractivity contribution >= 4 is 14.0 Å². The van der Waals surface area contributed by atoms with Gasteiger partial charge in [-0.3, -0.25) is 0 Å². The molecule has 0 amide bonds. The molecule has 0 N–H and O–H groups in total. The molecule has 0 aromatic heterocycles. The summed E-state index contributed by atoms with van der Waals surface area (Å²) >= 11 is 0. The maximum atomic E-state index is 11.4. The van der Waals surface area contributed by atoms with Crippen molar-refractivity contribution in [3.63, 3.8) is 0 Å². The van der Waals surface area contributed by atoms with Crippen LogP contribution in [-0.4, -0.2) is 20.7 Å². The summed E-state index contributed by atoms with van der Waals surface area (Å²) in [5.74, 6) is 2.86. The van der Waals surface area contributed by atoms with Crippen LogP contribution in [0.2, 0.25) is 18.1 Å². The first-order valence-corrected chi connectivity index (χ1v) is 10.3. The van der Waals surface area contributed by atoms with Gasteiger partial charge < -0.3 is 4.74 Å². The van der Waals surface area contributed by atoms with Gasteiger partial charge in [0.2, 0.25) is 0 Å². The van der Waals surface area contributed by atoms with Gasteiger partial charge in [0.15, 0.2) is 0 Å². The molecular weight excluding hydrogens is 276 g/mol. The molecule has 0 aromatic rings. The van der Waals surface area contributed by atoms with Crippen molar-refractivity contribution < 1.29 is 9.53 Å². The Balaban J connectivity index is 4.53. The minimum absolute atomic E-state index is 0.274. The lowest BCUT2D eigenvalue weighted by Gasteiger charge is -2.31. The summed E-state index contributed by atoms with van der Waals surface area (Å²) in [5.41, 5.74) is 4.00. The largest absolute Gasteiger partial charge is 0.463 e. The Morgan fingerprint density at radius 2 is 1.81 bits per heavy atom. The van der Waals surface area contributed by atoms with Crippen molar-refractivity contribution in [3.8, 4) is 11.5 Å². The molecule has 0 atom stereocenters. The highest BCUT2D eigenvalue weighted by Gasteiger charge is 2.33. The standard InChI is InChI=1S/C18H28O2Si/c1-8-20-17(19)16(2)14-12-10-9-11-13-15-21(6,7)18(3,4)5/h9-12,14H,8H2,1-7H3/b11-9+,12-10+,16-14+. The van der Waals surface area contributed by atoms with Crippen LogP contribution in [0.5, 0.6) is 0 Å². The Morgan fingerprint density at radius 1 is 1.19 bits per heavy atom. The summed E-state index contributed by atoms with van der Waals surface area (Å²) in [6.07, 6.45) is 9.16. The summed E-state index contributed by atoms with van der Waals surface area (Å²) in [7, 11) is -1.52. The number of carbonyl (C=O) groups excluding carboxylic acids is 1. The first-order chi connectivity index (χ1) is 9.62. The highest BCUT2D eigenvalue weighted by Crippen LogP contribution is 2.34. The van der Waals surface area contributed by atoms with Gasteiger partial charge >= 0.3 is 5.97 Å². The fraction of sp³-hybridized carbons (Fsp3) is 0.500. The van der Waals surface area contributed by atoms with Crippen LogP contribution in [0.4, 0.5) is 0 Å². The topological polar surface area (TPSA) is 26.3 Å². The maximum Gasteiger partial charge on any atom is 0.333 e. The third-order valence-electron chi connectivity index (χ3n) is 3.61. The Hall–Kier alpha value is -1.53. The van der Waals surface area contributed by atoms with Crippen LogP contribution in [0.15, 0.2) is 36.0 Å². The molecule has 0 aliphatic rings. The molecule has 0 bridgehead atoms. The monoisotopic (exact) mass is 304 g/mol. The number of esters is 1. The number of hydrogen-bond donors (Lipinski definition) is 0. The first-order valence-electron chi connectivity index (χ1n) is 7.31. The molecule has 116 valence electrons. The molecule has 0 aliphatic heterocycles. The van der Waals surface area contributed by atoms with E-state index in [0.29, 0.717) is 12.2 Å². The number of hydrogen-bond acceptors (Lipinski definition) is 2. The van der Waals surface area contributed by atoms with Gasteiger partial charge in [0.05, 0.1) is 6.61 Å². The van der Waals surface area contributed by atoms with Crippen LogP contribution in [0.25, 0.3) is 0 Å². The lowest BCUT2D eigenvalue weighted by atomic mass is 10.2. The molecule has 0 saturated carbocycles. The van der Waals surface area contributed by atoms with Crippen molar-refractivity contribution in [1.82, 2.24) is 0 Å². The molecule has 0 saturated heterocycles. The van der Waals surface area contributed by atoms with Crippen LogP contribution >= 0.6 is 0 Å². The second kappa shape index (κ2) is 8.69. The van der Waals surface area contributed by atoms with E-state index >= 15 is 0 Å². The summed E-state index contributed by atoms with van der Waals surface area (Å²) in [4.78, 5) is 11.4. The van der Waals surface area contributed by atoms with Gasteiger partial charge in [-0.1, -0.05) is 64.1 Å². The predicted octanol–water partition coefficient (Wildman–Crippen LogP) is 4.66. The van der Waals surface area contributed by atoms with Gasteiger partial charge in [0.1, 0.15) is 8.07 Å². The molecule has 0 rings (SSSR count). The summed E-state index contributed by atoms with van der Waals surface area (Å²) in [5, 5.41) is 0.281. The normalized spacial score (nSPS) is 13.4. The Morgan fingerprint density at radius 3 is 2.33 bits per heavy atom. The zero-order valence-electron chi connectivity index (χ0n) is 14.4. The second-order valence-electron chi connectivity index (χ2n) is 6.46. The minimum atomic E-state index is -1.52. The SMILES string of the molecule is CCOC(=O)/C(C)=C/C=C/C=C/C#C[Si](C)(C)C(C)(C)C. The van der Waals surface area contributed by atoms with E-state index in [0.717, 1.165) is 0 Å². The fourth-order valence-corrected chi connectivity index (χ4v) is 1.91. The smallest absolute Gasteiger partial charge is 0.333 e. The molecular formula is C18H28O2Si. The van der Waals surface area contributed by atoms with E-state index in [-0.39, 0.29) is 11.0 Å². The maximum absolute atomic E-state index is 11.4. The van der Waals surface area contributed by atoms with Crippen LogP contribution in [-0.2, 0) is 9.53 Å². The summed E-state index contributed by atoms with van der Waals surface area (Å²) in [6.45, 7) is 15.3. The quantitative estimate of drug-likeness (QED) is 0.248. The zero-order valence-corrected chi connectivity index (χ0v) is 15.4. The third kappa shape index (κ3) is 7.72. The Bertz CT molecular complexity index is 492. The average Bonchev–Trinajstić information content (AvgIpc) is 2.36. The fourth-order valence-electron chi connectivity index (χ4n) is 1.09. The molecule has 3 heteroatoms. The molecule has 0 unspecified atom stereocenters. The lowest BCUT2D eigenvalue weighted by molar-refractivity contribution is -0.138. The van der Waals surface area contributed by atoms with Crippen LogP contribution in [0, 0.1) is 11.5 Å². The molecule has 0 fully saturated rings. The van der Waals surface area contributed by atoms with E-state index in [1.807, 2.05) is 24.3 Å². The van der Waals surface area contributed by atoms with Crippen molar-refractivity contribution in [3.05, 3.63) is 36.0 Å². The molecule has 0 radical (unpaired) electrons. The molecule has 2 nitrogen and oxygen atoms in total. The van der Waals surface area contributed by atoms with Crippen LogP contribution < -0.4 is 0 Å². The minimum Gasteiger partial charge on any atom is -0.463 e. The third-order valence-corrected chi connectivity index (χ3v) is 8.12. The summed E-state index contributed by atoms with van der Waals surface area (Å²) in [6, 6.07) is 0. The van der Waals surface area contributed by atoms with Crippen LogP contribution in [0.3, 0.4) is 0 Å². The number of ether oxygens (including phenoxy) is 1. The van der Waals surface area contributed by atoms with Gasteiger partial charge in [-0.15, -0.1) is 5.54 Å². The number of rotatable bonds is 4. The van der Waals surface area contributed by atoms with E-state index in [9.17, 15) is 4.79 Å². The van der Waals surface area contributed by atoms with Crippen molar-refractivity contribution in [1.29, 1.82) is 0 Å². The molecule has 0 heterocycles. The van der Waals surface area contributed by atoms with E-state index in [1.165, 1.54) is 0 Å². The molecule has 0 spiro atoms. The van der Waals surface area contributed by atoms with Crippen molar-refractivity contribution in [2.24, 2.45) is 0 Å². The van der Waals surface area contributed by atoms with E-state index < -0.39 is 8.07 Å². The van der Waals surface area contributed by atoms with Gasteiger partial charge in [-0.2, -0.15) is 0 Å². The van der Waals surface area contributed by atoms with Gasteiger partial charge in [-0.25, -0.2) is 4.79 Å². The van der Waals surface area contributed by atoms with E-state index in [2.05, 4.69) is 45.3 Å². The average molecular weight is 305 g/mol. The van der Waals surface area contributed by atoms with Crippen LogP contribution in [0.1, 0.15) is 34.6 Å². The van der Waals surface area contributed by atoms with Crippen molar-refractivity contribution in [2.45, 2.75) is 52.8 Å². The first kappa shape index (κ1) is 19.5. The highest BCUT2D eigenvalue weighted by atomic mass is 28.3. The van der Waals surface area contributed by atoms with Gasteiger partial charge in [-0.05, 0) is 25.0 Å². The number of allylic oxidation sites excluding steroid dienone is 5. The number of carbonyl (C=O) groups is 1. The second-order valence-corrected chi connectivity index (χ2v) is 11.5. The van der Waals surface area contributed by atoms with Gasteiger partial charge in [0.25, 0.3) is 0 Å². The predicted molar refractivity (Wildman–Crippen MR) is 93.6 cm³/mol.